The van der Waals surface area contributed by atoms with Gasteiger partial charge in [0.2, 0.25) is 0 Å². The molecule has 0 amide bonds. The lowest BCUT2D eigenvalue weighted by Crippen LogP contribution is -2.52. The van der Waals surface area contributed by atoms with Crippen molar-refractivity contribution in [2.75, 3.05) is 26.4 Å². The van der Waals surface area contributed by atoms with Gasteiger partial charge >= 0.3 is 23.9 Å². The predicted molar refractivity (Wildman–Crippen MR) is 239 cm³/mol. The number of benzene rings is 2. The third-order valence-corrected chi connectivity index (χ3v) is 12.4. The molecule has 8 nitrogen and oxygen atoms in total. The van der Waals surface area contributed by atoms with Gasteiger partial charge in [-0.05, 0) is 73.6 Å². The minimum atomic E-state index is -0.649. The molecule has 8 heteroatoms. The number of fused-ring (bicyclic) bond motifs is 1. The van der Waals surface area contributed by atoms with Crippen LogP contribution in [0, 0.1) is 11.8 Å². The van der Waals surface area contributed by atoms with Gasteiger partial charge in [0, 0.05) is 24.0 Å². The average Bonchev–Trinajstić information content (AvgIpc) is 3.25. The number of aryl methyl sites for hydroxylation is 2. The molecule has 1 aliphatic carbocycles. The Kier molecular flexibility index (Phi) is 23.5. The molecule has 2 aromatic rings. The zero-order valence-corrected chi connectivity index (χ0v) is 36.6. The summed E-state index contributed by atoms with van der Waals surface area (Å²) in [5.74, 6) is -3.24. The van der Waals surface area contributed by atoms with Crippen LogP contribution in [0.2, 0.25) is 0 Å². The normalized spacial score (nSPS) is 22.1. The Hall–Kier alpha value is -4.20. The summed E-state index contributed by atoms with van der Waals surface area (Å²) in [7, 11) is 0. The number of unbranched alkanes of at least 4 members (excludes halogenated alkanes) is 2. The Morgan fingerprint density at radius 3 is 1.07 bits per heavy atom. The SMILES string of the molecule is C=CC(=O)OCCCCc1ccc([C@@H]2[C@H]3C(=O)OCCCCCCCCCCCCCCCCCCCCOC(=O)[C@H]3[C@@H]2c2ccc(CCCCOC(=O)C=C)cc2)cc1. The van der Waals surface area contributed by atoms with Crippen LogP contribution in [0.4, 0.5) is 0 Å². The number of carbonyl (C=O) groups is 4. The highest BCUT2D eigenvalue weighted by Crippen LogP contribution is 2.58. The van der Waals surface area contributed by atoms with Gasteiger partial charge in [-0.3, -0.25) is 9.59 Å². The van der Waals surface area contributed by atoms with Crippen LogP contribution in [0.5, 0.6) is 0 Å². The number of esters is 4. The van der Waals surface area contributed by atoms with Crippen LogP contribution in [0.25, 0.3) is 0 Å². The maximum atomic E-state index is 14.2. The van der Waals surface area contributed by atoms with E-state index >= 15 is 0 Å². The van der Waals surface area contributed by atoms with Crippen molar-refractivity contribution in [2.45, 2.75) is 166 Å². The molecule has 1 heterocycles. The van der Waals surface area contributed by atoms with Crippen LogP contribution >= 0.6 is 0 Å². The smallest absolute Gasteiger partial charge is 0.330 e. The van der Waals surface area contributed by atoms with E-state index in [1.807, 2.05) is 0 Å². The van der Waals surface area contributed by atoms with E-state index in [2.05, 4.69) is 61.7 Å². The highest BCUT2D eigenvalue weighted by atomic mass is 16.5. The zero-order chi connectivity index (χ0) is 42.6. The van der Waals surface area contributed by atoms with Gasteiger partial charge in [0.15, 0.2) is 0 Å². The van der Waals surface area contributed by atoms with Crippen molar-refractivity contribution in [1.29, 1.82) is 0 Å². The van der Waals surface area contributed by atoms with Gasteiger partial charge in [-0.25, -0.2) is 9.59 Å². The van der Waals surface area contributed by atoms with Gasteiger partial charge in [0.25, 0.3) is 0 Å². The second kappa shape index (κ2) is 29.1. The summed E-state index contributed by atoms with van der Waals surface area (Å²) in [6.45, 7) is 8.33. The molecular formula is C52H74O8. The van der Waals surface area contributed by atoms with E-state index in [1.54, 1.807) is 0 Å². The maximum Gasteiger partial charge on any atom is 0.330 e. The third kappa shape index (κ3) is 17.4. The summed E-state index contributed by atoms with van der Waals surface area (Å²) in [5, 5.41) is 0. The summed E-state index contributed by atoms with van der Waals surface area (Å²) >= 11 is 0. The predicted octanol–water partition coefficient (Wildman–Crippen LogP) is 12.0. The van der Waals surface area contributed by atoms with Gasteiger partial charge in [-0.2, -0.15) is 0 Å². The highest BCUT2D eigenvalue weighted by Gasteiger charge is 2.59. The monoisotopic (exact) mass is 827 g/mol. The van der Waals surface area contributed by atoms with Crippen molar-refractivity contribution in [3.63, 3.8) is 0 Å². The number of cyclic esters (lactones) is 2. The first-order chi connectivity index (χ1) is 29.4. The van der Waals surface area contributed by atoms with E-state index in [0.29, 0.717) is 26.4 Å². The molecule has 4 atom stereocenters. The minimum Gasteiger partial charge on any atom is -0.465 e. The van der Waals surface area contributed by atoms with Crippen LogP contribution in [-0.2, 0) is 51.0 Å². The summed E-state index contributed by atoms with van der Waals surface area (Å²) in [4.78, 5) is 51.1. The van der Waals surface area contributed by atoms with Crippen LogP contribution in [-0.4, -0.2) is 50.3 Å². The fourth-order valence-electron chi connectivity index (χ4n) is 8.87. The lowest BCUT2D eigenvalue weighted by Gasteiger charge is -2.49. The highest BCUT2D eigenvalue weighted by molar-refractivity contribution is 5.87. The Bertz CT molecular complexity index is 1450. The number of ether oxygens (including phenoxy) is 4. The Morgan fingerprint density at radius 1 is 0.467 bits per heavy atom. The number of carbonyl (C=O) groups excluding carboxylic acids is 4. The van der Waals surface area contributed by atoms with Gasteiger partial charge in [-0.15, -0.1) is 0 Å². The molecule has 330 valence electrons. The maximum absolute atomic E-state index is 14.2. The molecule has 0 aromatic heterocycles. The van der Waals surface area contributed by atoms with E-state index in [0.717, 1.165) is 99.3 Å². The molecule has 0 N–H and O–H groups in total. The first-order valence-corrected chi connectivity index (χ1v) is 23.5. The summed E-state index contributed by atoms with van der Waals surface area (Å²) in [6.07, 6.45) is 29.0. The lowest BCUT2D eigenvalue weighted by molar-refractivity contribution is -0.172. The number of hydrogen-bond acceptors (Lipinski definition) is 8. The topological polar surface area (TPSA) is 105 Å². The van der Waals surface area contributed by atoms with Crippen molar-refractivity contribution in [1.82, 2.24) is 0 Å². The van der Waals surface area contributed by atoms with Crippen LogP contribution in [0.1, 0.15) is 175 Å². The van der Waals surface area contributed by atoms with Crippen molar-refractivity contribution in [2.24, 2.45) is 11.8 Å². The van der Waals surface area contributed by atoms with Gasteiger partial charge in [-0.1, -0.05) is 164 Å². The van der Waals surface area contributed by atoms with E-state index in [-0.39, 0.29) is 23.8 Å². The Balaban J connectivity index is 1.50. The largest absolute Gasteiger partial charge is 0.465 e. The number of hydrogen-bond donors (Lipinski definition) is 0. The van der Waals surface area contributed by atoms with Gasteiger partial charge in [0.1, 0.15) is 0 Å². The van der Waals surface area contributed by atoms with Crippen LogP contribution < -0.4 is 0 Å². The fourth-order valence-corrected chi connectivity index (χ4v) is 8.87. The third-order valence-electron chi connectivity index (χ3n) is 12.4. The molecule has 1 saturated heterocycles. The van der Waals surface area contributed by atoms with E-state index in [1.165, 1.54) is 89.2 Å². The molecule has 2 aliphatic rings. The molecule has 1 aliphatic heterocycles. The standard InChI is InChI=1S/C52H74O8/c1-3-45(53)57-37-25-21-27-41-29-33-43(34-30-41)47-48(44-35-31-42(32-36-44)28-22-26-38-58-46(54)4-2)50-49(47)51(55)59-39-23-19-17-15-13-11-9-7-5-6-8-10-12-14-16-18-20-24-40-60-52(50)56/h3-4,29-36,47-50H,1-2,5-28,37-40H2/t47-,48+,49+,50-. The summed E-state index contributed by atoms with van der Waals surface area (Å²) < 4.78 is 22.3. The second-order valence-electron chi connectivity index (χ2n) is 16.9. The minimum absolute atomic E-state index is 0.250. The van der Waals surface area contributed by atoms with E-state index < -0.39 is 23.8 Å². The quantitative estimate of drug-likeness (QED) is 0.0802. The van der Waals surface area contributed by atoms with Crippen molar-refractivity contribution >= 4 is 23.9 Å². The van der Waals surface area contributed by atoms with Crippen molar-refractivity contribution < 1.29 is 38.1 Å². The first kappa shape index (κ1) is 48.5. The van der Waals surface area contributed by atoms with Crippen LogP contribution in [0.15, 0.2) is 73.8 Å². The van der Waals surface area contributed by atoms with Crippen molar-refractivity contribution in [3.05, 3.63) is 96.1 Å². The van der Waals surface area contributed by atoms with Gasteiger partial charge < -0.3 is 18.9 Å². The molecule has 2 aromatic carbocycles. The van der Waals surface area contributed by atoms with Crippen LogP contribution in [0.3, 0.4) is 0 Å². The van der Waals surface area contributed by atoms with E-state index in [4.69, 9.17) is 18.9 Å². The molecule has 60 heavy (non-hydrogen) atoms. The first-order valence-electron chi connectivity index (χ1n) is 23.5. The zero-order valence-electron chi connectivity index (χ0n) is 36.6. The lowest BCUT2D eigenvalue weighted by atomic mass is 9.52. The molecule has 0 spiro atoms. The fraction of sp³-hybridized carbons (Fsp3) is 0.615. The van der Waals surface area contributed by atoms with E-state index in [9.17, 15) is 19.2 Å². The number of rotatable bonds is 14. The molecule has 1 saturated carbocycles. The second-order valence-corrected chi connectivity index (χ2v) is 16.9. The molecule has 0 radical (unpaired) electrons. The molecule has 0 unspecified atom stereocenters. The van der Waals surface area contributed by atoms with Crippen molar-refractivity contribution in [3.8, 4) is 0 Å². The molecule has 2 fully saturated rings. The molecular weight excluding hydrogens is 753 g/mol. The van der Waals surface area contributed by atoms with Gasteiger partial charge in [0.05, 0.1) is 38.3 Å². The Morgan fingerprint density at radius 2 is 0.767 bits per heavy atom. The summed E-state index contributed by atoms with van der Waals surface area (Å²) in [6, 6.07) is 16.8. The summed E-state index contributed by atoms with van der Waals surface area (Å²) in [5.41, 5.74) is 4.33. The molecule has 4 rings (SSSR count). The average molecular weight is 827 g/mol. The Labute approximate surface area is 361 Å². The molecule has 0 bridgehead atoms.